The van der Waals surface area contributed by atoms with Crippen molar-refractivity contribution in [2.45, 2.75) is 6.92 Å². The van der Waals surface area contributed by atoms with Gasteiger partial charge in [0.1, 0.15) is 0 Å². The Morgan fingerprint density at radius 2 is 1.50 bits per heavy atom. The quantitative estimate of drug-likeness (QED) is 0.433. The van der Waals surface area contributed by atoms with Crippen LogP contribution in [0, 0.1) is 0 Å². The summed E-state index contributed by atoms with van der Waals surface area (Å²) in [6, 6.07) is 12.4. The van der Waals surface area contributed by atoms with Gasteiger partial charge in [0.05, 0.1) is 0 Å². The zero-order valence-corrected chi connectivity index (χ0v) is 11.8. The van der Waals surface area contributed by atoms with Crippen molar-refractivity contribution in [1.29, 1.82) is 0 Å². The van der Waals surface area contributed by atoms with Gasteiger partial charge in [0.2, 0.25) is 16.8 Å². The summed E-state index contributed by atoms with van der Waals surface area (Å²) in [5.41, 5.74) is -0.325. The molecule has 0 fully saturated rings. The van der Waals surface area contributed by atoms with E-state index < -0.39 is 10.9 Å². The van der Waals surface area contributed by atoms with Crippen LogP contribution in [0.2, 0.25) is 0 Å². The van der Waals surface area contributed by atoms with Crippen LogP contribution < -0.4 is 16.2 Å². The highest BCUT2D eigenvalue weighted by atomic mass is 16.2. The van der Waals surface area contributed by atoms with Gasteiger partial charge in [-0.3, -0.25) is 14.4 Å². The Hall–Kier alpha value is -3.01. The fourth-order valence-corrected chi connectivity index (χ4v) is 3.14. The second-order valence-corrected chi connectivity index (χ2v) is 5.39. The molecule has 0 saturated heterocycles. The summed E-state index contributed by atoms with van der Waals surface area (Å²) in [4.78, 5) is 36.0. The molecule has 0 heterocycles. The van der Waals surface area contributed by atoms with E-state index in [1.54, 1.807) is 24.3 Å². The molecule has 0 bridgehead atoms. The molecule has 0 radical (unpaired) electrons. The van der Waals surface area contributed by atoms with Crippen LogP contribution >= 0.6 is 0 Å². The van der Waals surface area contributed by atoms with Crippen molar-refractivity contribution in [3.63, 3.8) is 0 Å². The zero-order chi connectivity index (χ0) is 15.4. The van der Waals surface area contributed by atoms with Gasteiger partial charge in [-0.2, -0.15) is 0 Å². The molecule has 1 N–H and O–H groups in total. The van der Waals surface area contributed by atoms with Gasteiger partial charge in [-0.25, -0.2) is 0 Å². The molecular formula is C18H11NO3. The van der Waals surface area contributed by atoms with E-state index in [2.05, 4.69) is 5.32 Å². The van der Waals surface area contributed by atoms with Gasteiger partial charge in [-0.15, -0.1) is 0 Å². The van der Waals surface area contributed by atoms with Crippen molar-refractivity contribution in [3.8, 4) is 0 Å². The topological polar surface area (TPSA) is 63.2 Å². The lowest BCUT2D eigenvalue weighted by atomic mass is 9.93. The molecule has 0 aromatic heterocycles. The first-order valence-corrected chi connectivity index (χ1v) is 6.93. The van der Waals surface area contributed by atoms with E-state index in [-0.39, 0.29) is 5.91 Å². The predicted molar refractivity (Wildman–Crippen MR) is 88.2 cm³/mol. The van der Waals surface area contributed by atoms with Gasteiger partial charge in [0.25, 0.3) is 0 Å². The smallest absolute Gasteiger partial charge is 0.234 e. The van der Waals surface area contributed by atoms with Crippen LogP contribution in [0.4, 0.5) is 5.69 Å². The molecular weight excluding hydrogens is 278 g/mol. The second kappa shape index (κ2) is 4.24. The largest absolute Gasteiger partial charge is 0.326 e. The standard InChI is InChI=1S/C18H11NO3/c1-9(20)19-14-8-7-13-16-11(14)6-5-10-3-2-4-12(15(10)16)17(21)18(13)22/h2-8H,1H3,(H,19,20). The minimum atomic E-state index is -0.495. The highest BCUT2D eigenvalue weighted by Crippen LogP contribution is 2.34. The zero-order valence-electron chi connectivity index (χ0n) is 11.8. The Kier molecular flexibility index (Phi) is 2.45. The van der Waals surface area contributed by atoms with Crippen LogP contribution in [0.25, 0.3) is 32.3 Å². The maximum Gasteiger partial charge on any atom is 0.234 e. The lowest BCUT2D eigenvalue weighted by molar-refractivity contribution is -0.114. The molecule has 0 aliphatic carbocycles. The number of amides is 1. The summed E-state index contributed by atoms with van der Waals surface area (Å²) < 4.78 is 0. The molecule has 0 aliphatic heterocycles. The molecule has 0 spiro atoms. The number of hydrogen-bond donors (Lipinski definition) is 1. The summed E-state index contributed by atoms with van der Waals surface area (Å²) >= 11 is 0. The first kappa shape index (κ1) is 12.7. The van der Waals surface area contributed by atoms with Crippen molar-refractivity contribution >= 4 is 43.9 Å². The average molecular weight is 289 g/mol. The fraction of sp³-hybridized carbons (Fsp3) is 0.0556. The number of nitrogens with one attached hydrogen (secondary N) is 1. The number of hydrogen-bond acceptors (Lipinski definition) is 3. The summed E-state index contributed by atoms with van der Waals surface area (Å²) in [5, 5.41) is 6.81. The van der Waals surface area contributed by atoms with Crippen LogP contribution in [0.15, 0.2) is 52.1 Å². The maximum absolute atomic E-state index is 12.3. The predicted octanol–water partition coefficient (Wildman–Crippen LogP) is 2.70. The third-order valence-corrected chi connectivity index (χ3v) is 4.03. The van der Waals surface area contributed by atoms with Gasteiger partial charge < -0.3 is 5.32 Å². The number of benzene rings is 4. The molecule has 1 amide bonds. The van der Waals surface area contributed by atoms with Crippen LogP contribution in [0.5, 0.6) is 0 Å². The Morgan fingerprint density at radius 3 is 2.23 bits per heavy atom. The van der Waals surface area contributed by atoms with E-state index in [0.29, 0.717) is 16.5 Å². The summed E-state index contributed by atoms with van der Waals surface area (Å²) in [5.74, 6) is -0.179. The first-order chi connectivity index (χ1) is 10.6. The van der Waals surface area contributed by atoms with Gasteiger partial charge in [0.15, 0.2) is 0 Å². The molecule has 4 nitrogen and oxygen atoms in total. The lowest BCUT2D eigenvalue weighted by Crippen LogP contribution is -2.24. The van der Waals surface area contributed by atoms with E-state index in [1.807, 2.05) is 18.2 Å². The Balaban J connectivity index is 2.35. The molecule has 22 heavy (non-hydrogen) atoms. The number of carbonyl (C=O) groups excluding carboxylic acids is 1. The molecule has 0 aliphatic rings. The van der Waals surface area contributed by atoms with Gasteiger partial charge in [-0.05, 0) is 17.5 Å². The van der Waals surface area contributed by atoms with E-state index in [4.69, 9.17) is 0 Å². The summed E-state index contributed by atoms with van der Waals surface area (Å²) in [6.07, 6.45) is 0. The van der Waals surface area contributed by atoms with Crippen molar-refractivity contribution in [2.24, 2.45) is 0 Å². The Labute approximate surface area is 124 Å². The molecule has 0 unspecified atom stereocenters. The summed E-state index contributed by atoms with van der Waals surface area (Å²) in [7, 11) is 0. The SMILES string of the molecule is CC(=O)Nc1ccc2c(=O)c(=O)c3cccc4ccc1c2c43. The lowest BCUT2D eigenvalue weighted by Gasteiger charge is -2.12. The molecule has 4 rings (SSSR count). The third-order valence-electron chi connectivity index (χ3n) is 4.03. The van der Waals surface area contributed by atoms with Crippen molar-refractivity contribution in [2.75, 3.05) is 5.32 Å². The average Bonchev–Trinajstić information content (AvgIpc) is 2.51. The monoisotopic (exact) mass is 289 g/mol. The van der Waals surface area contributed by atoms with E-state index in [0.717, 1.165) is 21.5 Å². The maximum atomic E-state index is 12.3. The van der Waals surface area contributed by atoms with Gasteiger partial charge >= 0.3 is 0 Å². The first-order valence-electron chi connectivity index (χ1n) is 6.93. The van der Waals surface area contributed by atoms with Crippen molar-refractivity contribution in [1.82, 2.24) is 0 Å². The highest BCUT2D eigenvalue weighted by Gasteiger charge is 2.16. The van der Waals surface area contributed by atoms with Crippen LogP contribution in [0.1, 0.15) is 6.92 Å². The van der Waals surface area contributed by atoms with E-state index >= 15 is 0 Å². The highest BCUT2D eigenvalue weighted by molar-refractivity contribution is 6.25. The fourth-order valence-electron chi connectivity index (χ4n) is 3.14. The van der Waals surface area contributed by atoms with Gasteiger partial charge in [-0.1, -0.05) is 30.3 Å². The second-order valence-electron chi connectivity index (χ2n) is 5.39. The minimum absolute atomic E-state index is 0.179. The number of anilines is 1. The molecule has 4 heteroatoms. The van der Waals surface area contributed by atoms with Crippen LogP contribution in [-0.4, -0.2) is 5.91 Å². The normalized spacial score (nSPS) is 11.5. The Bertz CT molecular complexity index is 1160. The minimum Gasteiger partial charge on any atom is -0.326 e. The molecule has 4 aromatic carbocycles. The molecule has 0 saturated carbocycles. The Morgan fingerprint density at radius 1 is 0.818 bits per heavy atom. The van der Waals surface area contributed by atoms with Crippen molar-refractivity contribution < 1.29 is 4.79 Å². The molecule has 4 aromatic rings. The van der Waals surface area contributed by atoms with Crippen molar-refractivity contribution in [3.05, 3.63) is 62.9 Å². The molecule has 0 atom stereocenters. The van der Waals surface area contributed by atoms with E-state index in [9.17, 15) is 14.4 Å². The third kappa shape index (κ3) is 1.55. The van der Waals surface area contributed by atoms with E-state index in [1.165, 1.54) is 6.92 Å². The number of carbonyl (C=O) groups is 1. The van der Waals surface area contributed by atoms with Crippen LogP contribution in [-0.2, 0) is 4.79 Å². The summed E-state index contributed by atoms with van der Waals surface area (Å²) in [6.45, 7) is 1.44. The van der Waals surface area contributed by atoms with Gasteiger partial charge in [0, 0.05) is 39.5 Å². The number of rotatable bonds is 1. The molecule has 106 valence electrons. The van der Waals surface area contributed by atoms with Crippen LogP contribution in [0.3, 0.4) is 0 Å².